The Hall–Kier alpha value is -8.61. The molecule has 13 rings (SSSR count). The third kappa shape index (κ3) is 4.98. The fourth-order valence-electron chi connectivity index (χ4n) is 10.8. The molecule has 0 atom stereocenters. The average Bonchev–Trinajstić information content (AvgIpc) is 4.20. The Morgan fingerprint density at radius 1 is 0.368 bits per heavy atom. The van der Waals surface area contributed by atoms with Gasteiger partial charge in [0.2, 0.25) is 0 Å². The summed E-state index contributed by atoms with van der Waals surface area (Å²) < 4.78 is 13.5. The molecule has 0 unspecified atom stereocenters. The van der Waals surface area contributed by atoms with Gasteiger partial charge in [-0.1, -0.05) is 0 Å². The molecule has 11 aromatic rings. The molecule has 0 fully saturated rings. The molecule has 2 aliphatic heterocycles. The molecular formula is C49H43N15O4. The molecule has 9 heterocycles. The lowest BCUT2D eigenvalue weighted by atomic mass is 10.0. The van der Waals surface area contributed by atoms with Crippen molar-refractivity contribution in [1.29, 1.82) is 0 Å². The Labute approximate surface area is 382 Å². The van der Waals surface area contributed by atoms with Crippen molar-refractivity contribution in [2.75, 3.05) is 0 Å². The molecule has 338 valence electrons. The lowest BCUT2D eigenvalue weighted by Gasteiger charge is -2.03. The number of aryl methyl sites for hydroxylation is 8. The summed E-state index contributed by atoms with van der Waals surface area (Å²) in [5.41, 5.74) is 10.9. The van der Waals surface area contributed by atoms with Gasteiger partial charge in [-0.3, -0.25) is 36.5 Å². The van der Waals surface area contributed by atoms with Gasteiger partial charge in [0.1, 0.15) is 16.9 Å². The van der Waals surface area contributed by atoms with Gasteiger partial charge >= 0.3 is 22.8 Å². The Balaban J connectivity index is 1.25. The van der Waals surface area contributed by atoms with Gasteiger partial charge in [0.25, 0.3) is 0 Å². The van der Waals surface area contributed by atoms with Crippen molar-refractivity contribution < 1.29 is 0 Å². The molecule has 0 saturated carbocycles. The van der Waals surface area contributed by atoms with E-state index in [4.69, 9.17) is 24.9 Å². The molecule has 0 amide bonds. The van der Waals surface area contributed by atoms with Crippen molar-refractivity contribution in [2.24, 2.45) is 28.2 Å². The highest BCUT2D eigenvalue weighted by Gasteiger charge is 2.27. The van der Waals surface area contributed by atoms with Crippen LogP contribution in [0.4, 0.5) is 0 Å². The maximum Gasteiger partial charge on any atom is 0.328 e. The second kappa shape index (κ2) is 13.5. The van der Waals surface area contributed by atoms with Gasteiger partial charge in [-0.15, -0.1) is 0 Å². The van der Waals surface area contributed by atoms with Crippen LogP contribution in [0.2, 0.25) is 0 Å². The smallest absolute Gasteiger partial charge is 0.328 e. The van der Waals surface area contributed by atoms with E-state index in [2.05, 4.69) is 9.97 Å². The van der Waals surface area contributed by atoms with Crippen molar-refractivity contribution in [1.82, 2.24) is 71.4 Å². The number of nitrogens with zero attached hydrogens (tertiary/aromatic N) is 13. The number of hydrogen-bond acceptors (Lipinski definition) is 9. The lowest BCUT2D eigenvalue weighted by Crippen LogP contribution is -2.21. The SMILES string of the molecule is CCn1c(=O)n(C)c2cc3c(cc21)-c1nc-3cc2[nH]c(nc3nc(nc4[nH]c(n1)c1cc5c(cc41)n(C)c(=O)n5CC)-c1cc4c(cc1-3)n(C)c(=O)n4CC)c1cc3c(cc21)n(C)c(=O)n3CC. The molecule has 0 spiro atoms. The number of aromatic amines is 2. The maximum absolute atomic E-state index is 13.6. The molecule has 0 aliphatic carbocycles. The zero-order valence-corrected chi connectivity index (χ0v) is 38.5. The molecule has 7 aromatic heterocycles. The van der Waals surface area contributed by atoms with Crippen molar-refractivity contribution in [3.63, 3.8) is 0 Å². The number of H-pyrrole nitrogens is 2. The van der Waals surface area contributed by atoms with Crippen LogP contribution < -0.4 is 22.8 Å². The molecule has 2 aliphatic rings. The van der Waals surface area contributed by atoms with Crippen LogP contribution >= 0.6 is 0 Å². The first-order chi connectivity index (χ1) is 32.8. The van der Waals surface area contributed by atoms with E-state index in [9.17, 15) is 19.2 Å². The van der Waals surface area contributed by atoms with Crippen molar-refractivity contribution in [3.8, 4) is 45.4 Å². The predicted molar refractivity (Wildman–Crippen MR) is 264 cm³/mol. The van der Waals surface area contributed by atoms with Crippen LogP contribution in [-0.2, 0) is 54.4 Å². The molecule has 19 nitrogen and oxygen atoms in total. The Morgan fingerprint density at radius 3 is 1.15 bits per heavy atom. The fraction of sp³-hybridized carbons (Fsp3) is 0.245. The number of hydrogen-bond donors (Lipinski definition) is 2. The number of fused-ring (bicyclic) bond motifs is 24. The summed E-state index contributed by atoms with van der Waals surface area (Å²) in [6.45, 7) is 9.63. The highest BCUT2D eigenvalue weighted by Crippen LogP contribution is 2.41. The highest BCUT2D eigenvalue weighted by molar-refractivity contribution is 6.13. The molecule has 0 saturated heterocycles. The normalized spacial score (nSPS) is 12.6. The lowest BCUT2D eigenvalue weighted by molar-refractivity contribution is 0.712. The van der Waals surface area contributed by atoms with Gasteiger partial charge in [-0.2, -0.15) is 0 Å². The fourth-order valence-corrected chi connectivity index (χ4v) is 10.8. The Kier molecular flexibility index (Phi) is 7.88. The maximum atomic E-state index is 13.6. The summed E-state index contributed by atoms with van der Waals surface area (Å²) >= 11 is 0. The molecule has 0 radical (unpaired) electrons. The van der Waals surface area contributed by atoms with Crippen LogP contribution in [0.25, 0.3) is 134 Å². The number of imidazole rings is 4. The second-order valence-corrected chi connectivity index (χ2v) is 17.7. The largest absolute Gasteiger partial charge is 0.339 e. The zero-order chi connectivity index (χ0) is 46.9. The first kappa shape index (κ1) is 39.7. The molecule has 8 bridgehead atoms. The third-order valence-electron chi connectivity index (χ3n) is 14.3. The number of rotatable bonds is 4. The van der Waals surface area contributed by atoms with Crippen LogP contribution in [0, 0.1) is 0 Å². The molecule has 2 N–H and O–H groups in total. The van der Waals surface area contributed by atoms with Crippen molar-refractivity contribution in [3.05, 3.63) is 96.5 Å². The minimum atomic E-state index is -0.142. The van der Waals surface area contributed by atoms with Gasteiger partial charge in [-0.25, -0.2) is 44.1 Å². The van der Waals surface area contributed by atoms with E-state index < -0.39 is 0 Å². The quantitative estimate of drug-likeness (QED) is 0.207. The summed E-state index contributed by atoms with van der Waals surface area (Å²) in [5.74, 6) is 1.13. The number of aromatic nitrogens is 15. The van der Waals surface area contributed by atoms with Crippen LogP contribution in [0.1, 0.15) is 27.7 Å². The summed E-state index contributed by atoms with van der Waals surface area (Å²) in [5, 5.41) is 2.95. The minimum absolute atomic E-state index is 0.130. The van der Waals surface area contributed by atoms with Crippen molar-refractivity contribution in [2.45, 2.75) is 53.9 Å². The zero-order valence-electron chi connectivity index (χ0n) is 38.5. The van der Waals surface area contributed by atoms with Crippen molar-refractivity contribution >= 4 is 88.1 Å². The standard InChI is InChI=1S/C49H43N15O4/c1-9-61-36-17-24-22(13-32(36)57(5)46(61)65)30-21-31-23-14-33-37(62(10-2)47(66)58(33)6)18-25(23)41(51-31)53-44-28-19-38-35(60(8)49(68)63(38)11-3)16-27(28)43(55-44)56-45-29-20-39-34(59(7)48(67)64(39)12-4)15-26(29)42(54-45)52-40(24)50-30/h13-21H,9-12H2,1-8H3,(H2,50,51,52,53,54,55,56). The monoisotopic (exact) mass is 905 g/mol. The van der Waals surface area contributed by atoms with Gasteiger partial charge in [0.15, 0.2) is 17.5 Å². The number of nitrogens with one attached hydrogen (secondary N) is 2. The van der Waals surface area contributed by atoms with Crippen LogP contribution in [-0.4, -0.2) is 71.4 Å². The molecule has 19 heteroatoms. The van der Waals surface area contributed by atoms with E-state index in [0.29, 0.717) is 93.7 Å². The first-order valence-electron chi connectivity index (χ1n) is 22.7. The number of benzene rings is 4. The first-order valence-corrected chi connectivity index (χ1v) is 22.7. The van der Waals surface area contributed by atoms with E-state index in [-0.39, 0.29) is 22.8 Å². The summed E-state index contributed by atoms with van der Waals surface area (Å²) in [6, 6.07) is 17.8. The van der Waals surface area contributed by atoms with E-state index >= 15 is 0 Å². The average molecular weight is 906 g/mol. The van der Waals surface area contributed by atoms with E-state index in [1.807, 2.05) is 82.3 Å². The van der Waals surface area contributed by atoms with Gasteiger partial charge in [0.05, 0.1) is 49.8 Å². The summed E-state index contributed by atoms with van der Waals surface area (Å²) in [4.78, 5) is 87.8. The highest BCUT2D eigenvalue weighted by atomic mass is 16.2. The molecule has 68 heavy (non-hydrogen) atoms. The summed E-state index contributed by atoms with van der Waals surface area (Å²) in [6.07, 6.45) is 0. The van der Waals surface area contributed by atoms with E-state index in [1.165, 1.54) is 0 Å². The van der Waals surface area contributed by atoms with Gasteiger partial charge in [-0.05, 0) is 82.3 Å². The Morgan fingerprint density at radius 2 is 0.691 bits per heavy atom. The molecule has 4 aromatic carbocycles. The van der Waals surface area contributed by atoms with Crippen LogP contribution in [0.15, 0.2) is 73.8 Å². The van der Waals surface area contributed by atoms with E-state index in [1.54, 1.807) is 64.7 Å². The second-order valence-electron chi connectivity index (χ2n) is 17.7. The summed E-state index contributed by atoms with van der Waals surface area (Å²) in [7, 11) is 7.06. The predicted octanol–water partition coefficient (Wildman–Crippen LogP) is 6.17. The Bertz CT molecular complexity index is 4590. The van der Waals surface area contributed by atoms with Crippen LogP contribution in [0.3, 0.4) is 0 Å². The van der Waals surface area contributed by atoms with E-state index in [0.717, 1.165) is 66.0 Å². The van der Waals surface area contributed by atoms with Gasteiger partial charge < -0.3 is 9.97 Å². The van der Waals surface area contributed by atoms with Crippen LogP contribution in [0.5, 0.6) is 0 Å². The van der Waals surface area contributed by atoms with Gasteiger partial charge in [0, 0.05) is 104 Å². The molecular weight excluding hydrogens is 863 g/mol. The topological polar surface area (TPSA) is 204 Å². The third-order valence-corrected chi connectivity index (χ3v) is 14.3. The minimum Gasteiger partial charge on any atom is -0.339 e.